The fourth-order valence-corrected chi connectivity index (χ4v) is 1.16. The van der Waals surface area contributed by atoms with E-state index in [0.29, 0.717) is 0 Å². The molecule has 0 unspecified atom stereocenters. The van der Waals surface area contributed by atoms with Crippen LogP contribution in [0.2, 0.25) is 0 Å². The van der Waals surface area contributed by atoms with Crippen LogP contribution in [0.3, 0.4) is 0 Å². The average molecular weight is 368 g/mol. The minimum atomic E-state index is -1.59. The molecule has 13 nitrogen and oxygen atoms in total. The van der Waals surface area contributed by atoms with Gasteiger partial charge >= 0.3 is 49.1 Å². The first-order chi connectivity index (χ1) is 10.2. The maximum Gasteiger partial charge on any atom is 2.00 e. The molecule has 2 rings (SSSR count). The second-order valence-corrected chi connectivity index (χ2v) is 3.58. The number of carboxylic acid groups (broad SMARTS) is 2. The first-order valence-corrected chi connectivity index (χ1v) is 5.29. The summed E-state index contributed by atoms with van der Waals surface area (Å²) in [7, 11) is 0. The van der Waals surface area contributed by atoms with Crippen molar-refractivity contribution in [1.82, 2.24) is 19.9 Å². The fraction of sp³-hybridized carbons (Fsp3) is 0. The van der Waals surface area contributed by atoms with E-state index in [1.54, 1.807) is 0 Å². The minimum Gasteiger partial charge on any atom is -0.543 e. The van der Waals surface area contributed by atoms with Gasteiger partial charge in [0.2, 0.25) is 0 Å². The number of carbonyl (C=O) groups is 2. The van der Waals surface area contributed by atoms with Crippen LogP contribution in [0.5, 0.6) is 0 Å². The summed E-state index contributed by atoms with van der Waals surface area (Å²) in [6, 6.07) is 1.47. The summed E-state index contributed by atoms with van der Waals surface area (Å²) in [5, 5.41) is 20.1. The molecule has 0 bridgehead atoms. The maximum atomic E-state index is 10.4. The van der Waals surface area contributed by atoms with Crippen molar-refractivity contribution in [2.75, 3.05) is 0 Å². The van der Waals surface area contributed by atoms with Gasteiger partial charge in [-0.2, -0.15) is 0 Å². The van der Waals surface area contributed by atoms with Crippen LogP contribution in [0.4, 0.5) is 0 Å². The summed E-state index contributed by atoms with van der Waals surface area (Å²) in [4.78, 5) is 69.2. The molecular formula is C10H8CaN4O9. The Hall–Kier alpha value is -2.48. The molecule has 0 saturated carbocycles. The number of aromatic amines is 4. The van der Waals surface area contributed by atoms with E-state index in [2.05, 4.69) is 0 Å². The van der Waals surface area contributed by atoms with E-state index in [9.17, 15) is 39.0 Å². The number of carbonyl (C=O) groups excluding carboxylic acids is 2. The van der Waals surface area contributed by atoms with Gasteiger partial charge in [-0.05, 0) is 0 Å². The van der Waals surface area contributed by atoms with Gasteiger partial charge in [0.1, 0.15) is 0 Å². The predicted octanol–water partition coefficient (Wildman–Crippen LogP) is -6.35. The van der Waals surface area contributed by atoms with Crippen molar-refractivity contribution in [2.45, 2.75) is 0 Å². The van der Waals surface area contributed by atoms with Gasteiger partial charge in [-0.15, -0.1) is 0 Å². The van der Waals surface area contributed by atoms with E-state index in [1.807, 2.05) is 19.9 Å². The van der Waals surface area contributed by atoms with E-state index >= 15 is 0 Å². The average Bonchev–Trinajstić information content (AvgIpc) is 2.37. The Morgan fingerprint density at radius 3 is 1.21 bits per heavy atom. The van der Waals surface area contributed by atoms with Crippen LogP contribution in [0.25, 0.3) is 0 Å². The summed E-state index contributed by atoms with van der Waals surface area (Å²) in [6.45, 7) is 0. The second-order valence-electron chi connectivity index (χ2n) is 3.58. The molecule has 0 aliphatic rings. The number of hydrogen-bond acceptors (Lipinski definition) is 8. The van der Waals surface area contributed by atoms with Crippen LogP contribution in [-0.2, 0) is 0 Å². The molecule has 14 heteroatoms. The summed E-state index contributed by atoms with van der Waals surface area (Å²) in [5.41, 5.74) is -4.33. The first kappa shape index (κ1) is 23.8. The Labute approximate surface area is 159 Å². The summed E-state index contributed by atoms with van der Waals surface area (Å²) in [6.07, 6.45) is 0. The standard InChI is InChI=1S/2C5H4N2O4.Ca.H2O/c2*8-3-1-2(4(9)10)6-5(11)7-3;;/h2*1H,(H,9,10)(H2,6,7,8,11);;1H2/q;;+2;/p-2. The van der Waals surface area contributed by atoms with Gasteiger partial charge in [0.25, 0.3) is 11.1 Å². The van der Waals surface area contributed by atoms with Crippen LogP contribution in [0.1, 0.15) is 21.0 Å². The van der Waals surface area contributed by atoms with Crippen molar-refractivity contribution in [3.05, 3.63) is 65.2 Å². The smallest absolute Gasteiger partial charge is 0.543 e. The molecule has 0 saturated heterocycles. The molecule has 24 heavy (non-hydrogen) atoms. The molecule has 2 aromatic heterocycles. The number of rotatable bonds is 2. The van der Waals surface area contributed by atoms with E-state index in [-0.39, 0.29) is 43.2 Å². The van der Waals surface area contributed by atoms with Gasteiger partial charge in [-0.25, -0.2) is 9.59 Å². The van der Waals surface area contributed by atoms with Crippen molar-refractivity contribution >= 4 is 49.7 Å². The molecule has 2 heterocycles. The normalized spacial score (nSPS) is 8.67. The Bertz CT molecular complexity index is 804. The molecule has 2 aromatic rings. The summed E-state index contributed by atoms with van der Waals surface area (Å²) < 4.78 is 0. The minimum absolute atomic E-state index is 0. The van der Waals surface area contributed by atoms with Gasteiger partial charge in [0.15, 0.2) is 0 Å². The van der Waals surface area contributed by atoms with Gasteiger partial charge in [-0.3, -0.25) is 19.6 Å². The number of carboxylic acids is 2. The number of H-pyrrole nitrogens is 4. The fourth-order valence-electron chi connectivity index (χ4n) is 1.16. The Morgan fingerprint density at radius 2 is 1.00 bits per heavy atom. The van der Waals surface area contributed by atoms with Crippen LogP contribution in [-0.4, -0.2) is 75.1 Å². The van der Waals surface area contributed by atoms with E-state index < -0.39 is 45.8 Å². The molecule has 0 aliphatic carbocycles. The van der Waals surface area contributed by atoms with E-state index in [4.69, 9.17) is 0 Å². The van der Waals surface area contributed by atoms with Gasteiger partial charge < -0.3 is 35.2 Å². The quantitative estimate of drug-likeness (QED) is 0.370. The third-order valence-electron chi connectivity index (χ3n) is 1.96. The second kappa shape index (κ2) is 10.3. The number of nitrogens with one attached hydrogen (secondary N) is 4. The van der Waals surface area contributed by atoms with Crippen molar-refractivity contribution in [1.29, 1.82) is 0 Å². The molecule has 0 radical (unpaired) electrons. The molecular weight excluding hydrogens is 360 g/mol. The van der Waals surface area contributed by atoms with Crippen LogP contribution >= 0.6 is 0 Å². The predicted molar refractivity (Wildman–Crippen MR) is 73.4 cm³/mol. The molecule has 124 valence electrons. The number of aromatic nitrogens is 4. The van der Waals surface area contributed by atoms with Crippen molar-refractivity contribution in [2.24, 2.45) is 0 Å². The molecule has 0 spiro atoms. The molecule has 0 amide bonds. The van der Waals surface area contributed by atoms with Crippen LogP contribution in [0.15, 0.2) is 31.3 Å². The van der Waals surface area contributed by atoms with Gasteiger partial charge in [0, 0.05) is 12.1 Å². The Kier molecular flexibility index (Phi) is 10.2. The van der Waals surface area contributed by atoms with Gasteiger partial charge in [0.05, 0.1) is 23.3 Å². The van der Waals surface area contributed by atoms with E-state index in [0.717, 1.165) is 12.1 Å². The first-order valence-electron chi connectivity index (χ1n) is 5.29. The van der Waals surface area contributed by atoms with E-state index in [1.165, 1.54) is 0 Å². The largest absolute Gasteiger partial charge is 2.00 e. The number of aromatic carboxylic acids is 2. The zero-order valence-electron chi connectivity index (χ0n) is 11.6. The Balaban J connectivity index is 0. The number of hydrogen-bond donors (Lipinski definition) is 4. The third kappa shape index (κ3) is 7.68. The van der Waals surface area contributed by atoms with Crippen molar-refractivity contribution < 1.29 is 25.3 Å². The molecule has 6 N–H and O–H groups in total. The zero-order valence-corrected chi connectivity index (χ0v) is 13.8. The summed E-state index contributed by atoms with van der Waals surface area (Å²) >= 11 is 0. The molecule has 0 aliphatic heterocycles. The topological polar surface area (TPSA) is 243 Å². The van der Waals surface area contributed by atoms with Crippen LogP contribution in [0, 0.1) is 0 Å². The van der Waals surface area contributed by atoms with Crippen molar-refractivity contribution in [3.8, 4) is 0 Å². The maximum absolute atomic E-state index is 10.4. The zero-order chi connectivity index (χ0) is 16.9. The van der Waals surface area contributed by atoms with Crippen LogP contribution < -0.4 is 32.7 Å². The van der Waals surface area contributed by atoms with Gasteiger partial charge in [-0.1, -0.05) is 0 Å². The monoisotopic (exact) mass is 368 g/mol. The van der Waals surface area contributed by atoms with Crippen molar-refractivity contribution in [3.63, 3.8) is 0 Å². The molecule has 0 atom stereocenters. The SMILES string of the molecule is O.O=C([O-])c1cc(=O)[nH]c(=O)[nH]1.O=C([O-])c1cc(=O)[nH]c(=O)[nH]1.[Ca+2]. The summed E-state index contributed by atoms with van der Waals surface area (Å²) in [5.74, 6) is -3.18. The molecule has 0 aromatic carbocycles. The third-order valence-corrected chi connectivity index (χ3v) is 1.96. The Morgan fingerprint density at radius 1 is 0.708 bits per heavy atom. The molecule has 0 fully saturated rings.